The van der Waals surface area contributed by atoms with Crippen molar-refractivity contribution in [1.82, 2.24) is 9.88 Å². The van der Waals surface area contributed by atoms with Gasteiger partial charge in [-0.15, -0.1) is 11.3 Å². The van der Waals surface area contributed by atoms with Crippen molar-refractivity contribution in [2.45, 2.75) is 32.3 Å². The van der Waals surface area contributed by atoms with E-state index >= 15 is 0 Å². The highest BCUT2D eigenvalue weighted by atomic mass is 32.2. The molecule has 0 radical (unpaired) electrons. The molecule has 1 aliphatic heterocycles. The van der Waals surface area contributed by atoms with E-state index in [2.05, 4.69) is 4.98 Å². The summed E-state index contributed by atoms with van der Waals surface area (Å²) in [4.78, 5) is 17.9. The van der Waals surface area contributed by atoms with Gasteiger partial charge in [0.1, 0.15) is 16.9 Å². The van der Waals surface area contributed by atoms with E-state index in [-0.39, 0.29) is 19.2 Å². The number of thiazole rings is 1. The third-order valence-electron chi connectivity index (χ3n) is 3.04. The Bertz CT molecular complexity index is 612. The Hall–Kier alpha value is -1.03. The van der Waals surface area contributed by atoms with Crippen molar-refractivity contribution >= 4 is 27.1 Å². The average Bonchev–Trinajstić information content (AvgIpc) is 2.96. The van der Waals surface area contributed by atoms with Crippen LogP contribution in [0.5, 0.6) is 0 Å². The van der Waals surface area contributed by atoms with E-state index in [0.29, 0.717) is 6.61 Å². The molecule has 1 aliphatic rings. The van der Waals surface area contributed by atoms with Crippen molar-refractivity contribution in [2.75, 3.05) is 25.2 Å². The van der Waals surface area contributed by atoms with E-state index in [4.69, 9.17) is 9.47 Å². The maximum absolute atomic E-state index is 12.3. The summed E-state index contributed by atoms with van der Waals surface area (Å²) in [6, 6.07) is 0. The van der Waals surface area contributed by atoms with Crippen LogP contribution in [0.15, 0.2) is 11.6 Å². The topological polar surface area (TPSA) is 85.8 Å². The second kappa shape index (κ2) is 6.61. The van der Waals surface area contributed by atoms with E-state index in [0.717, 1.165) is 11.3 Å². The lowest BCUT2D eigenvalue weighted by atomic mass is 10.3. The lowest BCUT2D eigenvalue weighted by molar-refractivity contribution is -0.145. The third kappa shape index (κ3) is 5.31. The molecule has 0 N–H and O–H groups in total. The lowest BCUT2D eigenvalue weighted by Gasteiger charge is -2.25. The SMILES string of the molecule is CC1(C)OC[C@@H](CN(Cc2nccs2)C(=O)CS(C)(=O)=O)O1. The number of rotatable bonds is 6. The lowest BCUT2D eigenvalue weighted by Crippen LogP contribution is -2.41. The zero-order chi connectivity index (χ0) is 16.4. The van der Waals surface area contributed by atoms with Crippen LogP contribution in [0, 0.1) is 0 Å². The summed E-state index contributed by atoms with van der Waals surface area (Å²) in [7, 11) is -3.38. The van der Waals surface area contributed by atoms with Crippen LogP contribution in [0.25, 0.3) is 0 Å². The van der Waals surface area contributed by atoms with Crippen molar-refractivity contribution < 1.29 is 22.7 Å². The fourth-order valence-corrected chi connectivity index (χ4v) is 3.43. The summed E-state index contributed by atoms with van der Waals surface area (Å²) in [5.41, 5.74) is 0. The molecule has 0 aromatic carbocycles. The molecule has 9 heteroatoms. The molecule has 0 saturated carbocycles. The Morgan fingerprint density at radius 2 is 2.27 bits per heavy atom. The van der Waals surface area contributed by atoms with Crippen molar-refractivity contribution in [2.24, 2.45) is 0 Å². The van der Waals surface area contributed by atoms with Crippen LogP contribution in [0.2, 0.25) is 0 Å². The van der Waals surface area contributed by atoms with Crippen LogP contribution in [-0.2, 0) is 30.7 Å². The first-order chi connectivity index (χ1) is 10.1. The Balaban J connectivity index is 2.06. The maximum atomic E-state index is 12.3. The molecular weight excluding hydrogens is 328 g/mol. The van der Waals surface area contributed by atoms with Gasteiger partial charge in [0.2, 0.25) is 5.91 Å². The molecule has 22 heavy (non-hydrogen) atoms. The maximum Gasteiger partial charge on any atom is 0.238 e. The van der Waals surface area contributed by atoms with Crippen LogP contribution in [0.4, 0.5) is 0 Å². The number of ether oxygens (including phenoxy) is 2. The van der Waals surface area contributed by atoms with Gasteiger partial charge in [-0.25, -0.2) is 13.4 Å². The largest absolute Gasteiger partial charge is 0.348 e. The minimum absolute atomic E-state index is 0.270. The highest BCUT2D eigenvalue weighted by Gasteiger charge is 2.35. The quantitative estimate of drug-likeness (QED) is 0.751. The molecule has 0 aliphatic carbocycles. The molecule has 1 fully saturated rings. The number of sulfone groups is 1. The smallest absolute Gasteiger partial charge is 0.238 e. The van der Waals surface area contributed by atoms with E-state index in [1.54, 1.807) is 20.0 Å². The molecule has 1 saturated heterocycles. The van der Waals surface area contributed by atoms with Gasteiger partial charge in [-0.2, -0.15) is 0 Å². The number of hydrogen-bond acceptors (Lipinski definition) is 7. The molecule has 2 rings (SSSR count). The zero-order valence-corrected chi connectivity index (χ0v) is 14.4. The van der Waals surface area contributed by atoms with Crippen molar-refractivity contribution in [3.8, 4) is 0 Å². The van der Waals surface area contributed by atoms with Gasteiger partial charge in [0.05, 0.1) is 13.2 Å². The Morgan fingerprint density at radius 3 is 2.77 bits per heavy atom. The van der Waals surface area contributed by atoms with Crippen LogP contribution in [0.3, 0.4) is 0 Å². The summed E-state index contributed by atoms with van der Waals surface area (Å²) in [6.07, 6.45) is 2.42. The Labute approximate surface area is 134 Å². The first kappa shape index (κ1) is 17.3. The molecule has 0 bridgehead atoms. The second-order valence-corrected chi connectivity index (χ2v) is 8.84. The van der Waals surface area contributed by atoms with Crippen molar-refractivity contribution in [3.63, 3.8) is 0 Å². The molecular formula is C13H20N2O5S2. The monoisotopic (exact) mass is 348 g/mol. The van der Waals surface area contributed by atoms with Gasteiger partial charge in [-0.1, -0.05) is 0 Å². The van der Waals surface area contributed by atoms with E-state index in [1.165, 1.54) is 16.2 Å². The molecule has 1 aromatic rings. The second-order valence-electron chi connectivity index (χ2n) is 5.72. The predicted molar refractivity (Wildman–Crippen MR) is 82.1 cm³/mol. The number of carbonyl (C=O) groups excluding carboxylic acids is 1. The molecule has 1 amide bonds. The summed E-state index contributed by atoms with van der Waals surface area (Å²) in [5.74, 6) is -1.65. The fraction of sp³-hybridized carbons (Fsp3) is 0.692. The fourth-order valence-electron chi connectivity index (χ4n) is 2.16. The normalized spacial score (nSPS) is 21.0. The third-order valence-corrected chi connectivity index (χ3v) is 4.57. The van der Waals surface area contributed by atoms with Gasteiger partial charge < -0.3 is 14.4 Å². The highest BCUT2D eigenvalue weighted by molar-refractivity contribution is 7.91. The minimum Gasteiger partial charge on any atom is -0.348 e. The standard InChI is InChI=1S/C13H20N2O5S2/c1-13(2)19-8-10(20-13)6-15(7-11-14-4-5-21-11)12(16)9-22(3,17)18/h4-5,10H,6-9H2,1-3H3/t10-/m1/s1. The molecule has 1 atom stereocenters. The number of amides is 1. The Morgan fingerprint density at radius 1 is 1.55 bits per heavy atom. The molecule has 2 heterocycles. The number of carbonyl (C=O) groups is 1. The number of hydrogen-bond donors (Lipinski definition) is 0. The molecule has 0 unspecified atom stereocenters. The van der Waals surface area contributed by atoms with Gasteiger partial charge in [-0.05, 0) is 13.8 Å². The van der Waals surface area contributed by atoms with Crippen LogP contribution >= 0.6 is 11.3 Å². The van der Waals surface area contributed by atoms with Gasteiger partial charge in [0.15, 0.2) is 15.6 Å². The summed E-state index contributed by atoms with van der Waals surface area (Å²) < 4.78 is 33.9. The summed E-state index contributed by atoms with van der Waals surface area (Å²) in [5, 5.41) is 2.56. The zero-order valence-electron chi connectivity index (χ0n) is 12.8. The highest BCUT2D eigenvalue weighted by Crippen LogP contribution is 2.23. The number of nitrogens with zero attached hydrogens (tertiary/aromatic N) is 2. The van der Waals surface area contributed by atoms with Gasteiger partial charge in [-0.3, -0.25) is 4.79 Å². The molecule has 0 spiro atoms. The number of aromatic nitrogens is 1. The first-order valence-corrected chi connectivity index (χ1v) is 9.74. The average molecular weight is 348 g/mol. The van der Waals surface area contributed by atoms with Crippen LogP contribution in [0.1, 0.15) is 18.9 Å². The van der Waals surface area contributed by atoms with Gasteiger partial charge in [0, 0.05) is 24.4 Å². The minimum atomic E-state index is -3.38. The molecule has 1 aromatic heterocycles. The van der Waals surface area contributed by atoms with E-state index in [9.17, 15) is 13.2 Å². The Kier molecular flexibility index (Phi) is 5.21. The molecule has 7 nitrogen and oxygen atoms in total. The predicted octanol–water partition coefficient (Wildman–Crippen LogP) is 0.668. The van der Waals surface area contributed by atoms with Crippen LogP contribution in [-0.4, -0.2) is 61.3 Å². The molecule has 124 valence electrons. The van der Waals surface area contributed by atoms with Crippen molar-refractivity contribution in [1.29, 1.82) is 0 Å². The van der Waals surface area contributed by atoms with E-state index < -0.39 is 27.3 Å². The van der Waals surface area contributed by atoms with Crippen molar-refractivity contribution in [3.05, 3.63) is 16.6 Å². The van der Waals surface area contributed by atoms with Gasteiger partial charge in [0.25, 0.3) is 0 Å². The summed E-state index contributed by atoms with van der Waals surface area (Å²) in [6.45, 7) is 4.52. The van der Waals surface area contributed by atoms with Gasteiger partial charge >= 0.3 is 0 Å². The first-order valence-electron chi connectivity index (χ1n) is 6.80. The van der Waals surface area contributed by atoms with Crippen LogP contribution < -0.4 is 0 Å². The summed E-state index contributed by atoms with van der Waals surface area (Å²) >= 11 is 1.42. The van der Waals surface area contributed by atoms with E-state index in [1.807, 2.05) is 5.38 Å².